The van der Waals surface area contributed by atoms with Gasteiger partial charge in [-0.25, -0.2) is 13.1 Å². The van der Waals surface area contributed by atoms with Crippen molar-refractivity contribution in [2.75, 3.05) is 0 Å². The zero-order valence-electron chi connectivity index (χ0n) is 9.33. The first-order valence-corrected chi connectivity index (χ1v) is 7.23. The van der Waals surface area contributed by atoms with Gasteiger partial charge in [-0.15, -0.1) is 0 Å². The molecule has 1 unspecified atom stereocenters. The lowest BCUT2D eigenvalue weighted by atomic mass is 10.2. The second-order valence-corrected chi connectivity index (χ2v) is 6.31. The van der Waals surface area contributed by atoms with E-state index in [9.17, 15) is 21.6 Å². The molecule has 0 heterocycles. The van der Waals surface area contributed by atoms with Gasteiger partial charge in [0.2, 0.25) is 10.0 Å². The highest BCUT2D eigenvalue weighted by molar-refractivity contribution is 9.10. The molecule has 1 N–H and O–H groups in total. The van der Waals surface area contributed by atoms with Crippen LogP contribution in [0.1, 0.15) is 13.3 Å². The molecule has 0 radical (unpaired) electrons. The summed E-state index contributed by atoms with van der Waals surface area (Å²) in [7, 11) is -3.96. The molecular formula is C10H11BrF3NO2S. The van der Waals surface area contributed by atoms with Crippen LogP contribution in [0.5, 0.6) is 0 Å². The Morgan fingerprint density at radius 3 is 2.39 bits per heavy atom. The fraction of sp³-hybridized carbons (Fsp3) is 0.400. The second kappa shape index (κ2) is 5.58. The summed E-state index contributed by atoms with van der Waals surface area (Å²) >= 11 is 3.04. The van der Waals surface area contributed by atoms with Crippen molar-refractivity contribution in [1.29, 1.82) is 0 Å². The fourth-order valence-electron chi connectivity index (χ4n) is 1.38. The van der Waals surface area contributed by atoms with Crippen LogP contribution < -0.4 is 4.72 Å². The molecule has 1 rings (SSSR count). The maximum Gasteiger partial charge on any atom is 0.390 e. The van der Waals surface area contributed by atoms with E-state index >= 15 is 0 Å². The Balaban J connectivity index is 2.87. The van der Waals surface area contributed by atoms with Gasteiger partial charge in [0.1, 0.15) is 0 Å². The summed E-state index contributed by atoms with van der Waals surface area (Å²) in [6, 6.07) is 4.70. The minimum Gasteiger partial charge on any atom is -0.208 e. The zero-order valence-corrected chi connectivity index (χ0v) is 11.7. The minimum absolute atomic E-state index is 0.0842. The Morgan fingerprint density at radius 1 is 1.33 bits per heavy atom. The van der Waals surface area contributed by atoms with Crippen molar-refractivity contribution >= 4 is 26.0 Å². The second-order valence-electron chi connectivity index (χ2n) is 3.77. The van der Waals surface area contributed by atoms with Gasteiger partial charge in [0, 0.05) is 10.5 Å². The lowest BCUT2D eigenvalue weighted by Gasteiger charge is -2.16. The highest BCUT2D eigenvalue weighted by Gasteiger charge is 2.32. The summed E-state index contributed by atoms with van der Waals surface area (Å²) < 4.78 is 62.3. The molecule has 0 aromatic heterocycles. The van der Waals surface area contributed by atoms with Crippen molar-refractivity contribution in [1.82, 2.24) is 4.72 Å². The Bertz CT molecular complexity index is 516. The Labute approximate surface area is 112 Å². The van der Waals surface area contributed by atoms with Crippen LogP contribution in [0, 0.1) is 0 Å². The largest absolute Gasteiger partial charge is 0.390 e. The third kappa shape index (κ3) is 4.58. The number of sulfonamides is 1. The highest BCUT2D eigenvalue weighted by Crippen LogP contribution is 2.24. The van der Waals surface area contributed by atoms with Gasteiger partial charge in [-0.05, 0) is 35.0 Å². The summed E-state index contributed by atoms with van der Waals surface area (Å²) in [5, 5.41) is 0. The van der Waals surface area contributed by atoms with E-state index in [4.69, 9.17) is 0 Å². The third-order valence-electron chi connectivity index (χ3n) is 2.02. The SMILES string of the molecule is CC(CC(F)(F)F)NS(=O)(=O)c1ccccc1Br. The molecule has 0 aliphatic rings. The van der Waals surface area contributed by atoms with Crippen LogP contribution >= 0.6 is 15.9 Å². The molecule has 8 heteroatoms. The van der Waals surface area contributed by atoms with Crippen molar-refractivity contribution in [3.63, 3.8) is 0 Å². The standard InChI is InChI=1S/C10H11BrF3NO2S/c1-7(6-10(12,13)14)15-18(16,17)9-5-3-2-4-8(9)11/h2-5,7,15H,6H2,1H3. The highest BCUT2D eigenvalue weighted by atomic mass is 79.9. The zero-order chi connectivity index (χ0) is 14.0. The number of hydrogen-bond acceptors (Lipinski definition) is 2. The number of benzene rings is 1. The van der Waals surface area contributed by atoms with Gasteiger partial charge < -0.3 is 0 Å². The molecule has 1 aromatic carbocycles. The quantitative estimate of drug-likeness (QED) is 0.911. The van der Waals surface area contributed by atoms with E-state index in [0.717, 1.165) is 0 Å². The summed E-state index contributed by atoms with van der Waals surface area (Å²) in [6.45, 7) is 1.17. The van der Waals surface area contributed by atoms with Crippen LogP contribution in [0.25, 0.3) is 0 Å². The molecule has 1 aromatic rings. The van der Waals surface area contributed by atoms with E-state index in [1.54, 1.807) is 6.07 Å². The van der Waals surface area contributed by atoms with Crippen molar-refractivity contribution in [2.45, 2.75) is 30.5 Å². The summed E-state index contributed by atoms with van der Waals surface area (Å²) in [4.78, 5) is -0.0842. The van der Waals surface area contributed by atoms with Crippen molar-refractivity contribution < 1.29 is 21.6 Å². The lowest BCUT2D eigenvalue weighted by Crippen LogP contribution is -2.36. The maximum absolute atomic E-state index is 12.1. The average Bonchev–Trinajstić information content (AvgIpc) is 2.13. The minimum atomic E-state index is -4.41. The smallest absolute Gasteiger partial charge is 0.208 e. The maximum atomic E-state index is 12.1. The van der Waals surface area contributed by atoms with E-state index in [1.807, 2.05) is 4.72 Å². The van der Waals surface area contributed by atoms with Crippen molar-refractivity contribution in [3.8, 4) is 0 Å². The Morgan fingerprint density at radius 2 is 1.89 bits per heavy atom. The first-order valence-electron chi connectivity index (χ1n) is 4.95. The van der Waals surface area contributed by atoms with Crippen LogP contribution in [-0.4, -0.2) is 20.6 Å². The lowest BCUT2D eigenvalue weighted by molar-refractivity contribution is -0.137. The van der Waals surface area contributed by atoms with Crippen LogP contribution in [0.4, 0.5) is 13.2 Å². The predicted octanol–water partition coefficient (Wildman–Crippen LogP) is 3.07. The first-order chi connectivity index (χ1) is 8.12. The topological polar surface area (TPSA) is 46.2 Å². The molecule has 1 atom stereocenters. The number of nitrogens with one attached hydrogen (secondary N) is 1. The van der Waals surface area contributed by atoms with Crippen LogP contribution in [0.2, 0.25) is 0 Å². The van der Waals surface area contributed by atoms with Crippen molar-refractivity contribution in [3.05, 3.63) is 28.7 Å². The number of rotatable bonds is 4. The average molecular weight is 346 g/mol. The molecule has 0 amide bonds. The van der Waals surface area contributed by atoms with Gasteiger partial charge in [0.25, 0.3) is 0 Å². The van der Waals surface area contributed by atoms with Crippen LogP contribution in [-0.2, 0) is 10.0 Å². The molecule has 18 heavy (non-hydrogen) atoms. The number of halogens is 4. The van der Waals surface area contributed by atoms with E-state index in [-0.39, 0.29) is 4.90 Å². The monoisotopic (exact) mass is 345 g/mol. The molecule has 3 nitrogen and oxygen atoms in total. The third-order valence-corrected chi connectivity index (χ3v) is 4.62. The van der Waals surface area contributed by atoms with Gasteiger partial charge in [0.15, 0.2) is 0 Å². The number of hydrogen-bond donors (Lipinski definition) is 1. The first kappa shape index (κ1) is 15.5. The summed E-state index contributed by atoms with van der Waals surface area (Å²) in [5.41, 5.74) is 0. The molecule has 0 saturated carbocycles. The molecule has 0 aliphatic heterocycles. The molecule has 0 saturated heterocycles. The fourth-order valence-corrected chi connectivity index (χ4v) is 3.63. The van der Waals surface area contributed by atoms with E-state index in [0.29, 0.717) is 4.47 Å². The normalized spacial score (nSPS) is 14.5. The van der Waals surface area contributed by atoms with Gasteiger partial charge in [-0.2, -0.15) is 13.2 Å². The van der Waals surface area contributed by atoms with Crippen LogP contribution in [0.3, 0.4) is 0 Å². The van der Waals surface area contributed by atoms with Gasteiger partial charge in [-0.1, -0.05) is 12.1 Å². The molecule has 102 valence electrons. The molecule has 0 fully saturated rings. The predicted molar refractivity (Wildman–Crippen MR) is 64.6 cm³/mol. The summed E-state index contributed by atoms with van der Waals surface area (Å²) in [5.74, 6) is 0. The van der Waals surface area contributed by atoms with Gasteiger partial charge in [0.05, 0.1) is 11.3 Å². The molecule has 0 aliphatic carbocycles. The van der Waals surface area contributed by atoms with Gasteiger partial charge in [-0.3, -0.25) is 0 Å². The van der Waals surface area contributed by atoms with Crippen LogP contribution in [0.15, 0.2) is 33.6 Å². The molecule has 0 bridgehead atoms. The van der Waals surface area contributed by atoms with E-state index in [1.165, 1.54) is 25.1 Å². The Kier molecular flexibility index (Phi) is 4.79. The van der Waals surface area contributed by atoms with Crippen molar-refractivity contribution in [2.24, 2.45) is 0 Å². The van der Waals surface area contributed by atoms with E-state index in [2.05, 4.69) is 15.9 Å². The Hall–Kier alpha value is -0.600. The molecule has 0 spiro atoms. The molecular weight excluding hydrogens is 335 g/mol. The summed E-state index contributed by atoms with van der Waals surface area (Å²) in [6.07, 6.45) is -5.62. The van der Waals surface area contributed by atoms with E-state index < -0.39 is 28.7 Å². The van der Waals surface area contributed by atoms with Gasteiger partial charge >= 0.3 is 6.18 Å². The number of alkyl halides is 3.